The van der Waals surface area contributed by atoms with Crippen molar-refractivity contribution in [2.75, 3.05) is 43.4 Å². The number of aromatic nitrogens is 3. The van der Waals surface area contributed by atoms with E-state index in [0.29, 0.717) is 48.6 Å². The van der Waals surface area contributed by atoms with Crippen LogP contribution in [0.2, 0.25) is 0 Å². The lowest BCUT2D eigenvalue weighted by Crippen LogP contribution is -2.54. The summed E-state index contributed by atoms with van der Waals surface area (Å²) in [5.41, 5.74) is 3.65. The van der Waals surface area contributed by atoms with Gasteiger partial charge in [0, 0.05) is 55.6 Å². The van der Waals surface area contributed by atoms with Crippen LogP contribution in [0.1, 0.15) is 76.1 Å². The largest absolute Gasteiger partial charge is 0.350 e. The number of likely N-dealkylation sites (tertiary alicyclic amines) is 1. The summed E-state index contributed by atoms with van der Waals surface area (Å²) < 4.78 is 15.4. The van der Waals surface area contributed by atoms with Crippen LogP contribution in [0.25, 0.3) is 22.4 Å². The summed E-state index contributed by atoms with van der Waals surface area (Å²) in [5, 5.41) is 5.96. The Morgan fingerprint density at radius 2 is 1.70 bits per heavy atom. The van der Waals surface area contributed by atoms with Gasteiger partial charge in [-0.15, -0.1) is 0 Å². The van der Waals surface area contributed by atoms with Crippen LogP contribution >= 0.6 is 0 Å². The molecule has 54 heavy (non-hydrogen) atoms. The highest BCUT2D eigenvalue weighted by molar-refractivity contribution is 6.04. The molecule has 0 spiro atoms. The molecular formula is C42H51FN8O3. The van der Waals surface area contributed by atoms with Crippen molar-refractivity contribution in [3.05, 3.63) is 84.2 Å². The Kier molecular flexibility index (Phi) is 10.3. The third-order valence-corrected chi connectivity index (χ3v) is 11.5. The minimum absolute atomic E-state index is 0.0968. The monoisotopic (exact) mass is 734 g/mol. The van der Waals surface area contributed by atoms with Crippen LogP contribution in [0.3, 0.4) is 0 Å². The minimum atomic E-state index is -0.457. The minimum Gasteiger partial charge on any atom is -0.350 e. The highest BCUT2D eigenvalue weighted by Crippen LogP contribution is 2.52. The van der Waals surface area contributed by atoms with Gasteiger partial charge < -0.3 is 30.3 Å². The quantitative estimate of drug-likeness (QED) is 0.169. The Morgan fingerprint density at radius 3 is 2.33 bits per heavy atom. The molecule has 11 nitrogen and oxygen atoms in total. The van der Waals surface area contributed by atoms with Crippen LogP contribution in [0, 0.1) is 23.1 Å². The molecule has 3 amide bonds. The molecule has 12 heteroatoms. The lowest BCUT2D eigenvalue weighted by molar-refractivity contribution is -0.135. The SMILES string of the molecule is CNC(C(=O)N1CCCC1c1ncc(-c2ccc(-c3ccc(NC(=O)c4ccc(N5CCN(C(=O)C6CC6(C)C)CC5C)nc4)cc3F)cc2)[nH]1)C(C)C. The number of benzene rings is 2. The number of piperazine rings is 1. The van der Waals surface area contributed by atoms with Gasteiger partial charge in [0.05, 0.1) is 29.5 Å². The molecule has 3 fully saturated rings. The lowest BCUT2D eigenvalue weighted by atomic mass is 10.0. The second kappa shape index (κ2) is 15.0. The van der Waals surface area contributed by atoms with E-state index in [1.165, 1.54) is 12.3 Å². The van der Waals surface area contributed by atoms with Gasteiger partial charge in [-0.3, -0.25) is 14.4 Å². The number of rotatable bonds is 10. The number of hydrogen-bond donors (Lipinski definition) is 3. The van der Waals surface area contributed by atoms with Crippen molar-refractivity contribution in [3.63, 3.8) is 0 Å². The van der Waals surface area contributed by atoms with Crippen LogP contribution in [-0.2, 0) is 9.59 Å². The number of carbonyl (C=O) groups is 3. The predicted molar refractivity (Wildman–Crippen MR) is 208 cm³/mol. The van der Waals surface area contributed by atoms with E-state index in [9.17, 15) is 14.4 Å². The maximum Gasteiger partial charge on any atom is 0.257 e. The molecule has 7 rings (SSSR count). The number of hydrogen-bond acceptors (Lipinski definition) is 7. The molecule has 2 aliphatic heterocycles. The fourth-order valence-electron chi connectivity index (χ4n) is 8.05. The fraction of sp³-hybridized carbons (Fsp3) is 0.452. The van der Waals surface area contributed by atoms with E-state index in [0.717, 1.165) is 42.2 Å². The number of likely N-dealkylation sites (N-methyl/N-ethyl adjacent to an activating group) is 1. The van der Waals surface area contributed by atoms with E-state index >= 15 is 4.39 Å². The van der Waals surface area contributed by atoms with Crippen LogP contribution in [0.4, 0.5) is 15.9 Å². The Bertz CT molecular complexity index is 2010. The molecular weight excluding hydrogens is 684 g/mol. The summed E-state index contributed by atoms with van der Waals surface area (Å²) in [6.07, 6.45) is 6.05. The Balaban J connectivity index is 0.952. The maximum absolute atomic E-state index is 15.4. The molecule has 3 N–H and O–H groups in total. The van der Waals surface area contributed by atoms with E-state index in [4.69, 9.17) is 0 Å². The zero-order valence-corrected chi connectivity index (χ0v) is 32.0. The Labute approximate surface area is 316 Å². The molecule has 1 aliphatic carbocycles. The Morgan fingerprint density at radius 1 is 0.963 bits per heavy atom. The lowest BCUT2D eigenvalue weighted by Gasteiger charge is -2.40. The number of anilines is 2. The fourth-order valence-corrected chi connectivity index (χ4v) is 8.05. The summed E-state index contributed by atoms with van der Waals surface area (Å²) in [6.45, 7) is 13.1. The van der Waals surface area contributed by atoms with E-state index in [2.05, 4.69) is 51.3 Å². The van der Waals surface area contributed by atoms with E-state index < -0.39 is 5.82 Å². The number of pyridine rings is 1. The second-order valence-corrected chi connectivity index (χ2v) is 16.1. The van der Waals surface area contributed by atoms with Gasteiger partial charge >= 0.3 is 0 Å². The topological polar surface area (TPSA) is 127 Å². The molecule has 4 heterocycles. The highest BCUT2D eigenvalue weighted by Gasteiger charge is 2.52. The van der Waals surface area contributed by atoms with Crippen molar-refractivity contribution in [2.24, 2.45) is 17.3 Å². The van der Waals surface area contributed by atoms with Crippen molar-refractivity contribution in [1.29, 1.82) is 0 Å². The number of aromatic amines is 1. The summed E-state index contributed by atoms with van der Waals surface area (Å²) in [5.74, 6) is 1.33. The average molecular weight is 735 g/mol. The number of imidazole rings is 1. The maximum atomic E-state index is 15.4. The zero-order valence-electron chi connectivity index (χ0n) is 32.0. The van der Waals surface area contributed by atoms with Gasteiger partial charge in [-0.1, -0.05) is 52.0 Å². The number of nitrogens with one attached hydrogen (secondary N) is 3. The van der Waals surface area contributed by atoms with Gasteiger partial charge in [-0.2, -0.15) is 0 Å². The third kappa shape index (κ3) is 7.48. The van der Waals surface area contributed by atoms with Gasteiger partial charge in [-0.05, 0) is 86.0 Å². The van der Waals surface area contributed by atoms with Crippen molar-refractivity contribution >= 4 is 29.2 Å². The predicted octanol–water partition coefficient (Wildman–Crippen LogP) is 6.52. The van der Waals surface area contributed by atoms with Crippen molar-refractivity contribution in [3.8, 4) is 22.4 Å². The summed E-state index contributed by atoms with van der Waals surface area (Å²) in [4.78, 5) is 58.0. The molecule has 4 unspecified atom stereocenters. The van der Waals surface area contributed by atoms with E-state index in [-0.39, 0.29) is 53.1 Å². The van der Waals surface area contributed by atoms with Crippen molar-refractivity contribution < 1.29 is 18.8 Å². The number of halogens is 1. The molecule has 4 atom stereocenters. The molecule has 3 aliphatic rings. The molecule has 4 aromatic rings. The molecule has 2 aromatic carbocycles. The van der Waals surface area contributed by atoms with E-state index in [1.54, 1.807) is 24.4 Å². The highest BCUT2D eigenvalue weighted by atomic mass is 19.1. The molecule has 2 saturated heterocycles. The van der Waals surface area contributed by atoms with Gasteiger partial charge in [-0.25, -0.2) is 14.4 Å². The molecule has 284 valence electrons. The van der Waals surface area contributed by atoms with Gasteiger partial charge in [0.25, 0.3) is 5.91 Å². The first-order valence-corrected chi connectivity index (χ1v) is 19.1. The summed E-state index contributed by atoms with van der Waals surface area (Å²) >= 11 is 0. The number of H-pyrrole nitrogens is 1. The first-order valence-electron chi connectivity index (χ1n) is 19.1. The molecule has 1 saturated carbocycles. The third-order valence-electron chi connectivity index (χ3n) is 11.5. The summed E-state index contributed by atoms with van der Waals surface area (Å²) in [6, 6.07) is 15.5. The standard InChI is InChI=1S/C42H51FN8O3/c1-25(2)37(44-6)41(54)51-17-7-8-35(51)38-46-23-34(48-38)28-11-9-27(10-12-28)31-15-14-30(20-33(31)43)47-39(52)29-13-16-36(45-22-29)50-19-18-49(24-26(50)3)40(53)32-21-42(32,4)5/h9-16,20,22-23,25-26,32,35,37,44H,7-8,17-19,21,24H2,1-6H3,(H,46,48)(H,47,52). The average Bonchev–Trinajstić information content (AvgIpc) is 3.51. The van der Waals surface area contributed by atoms with Crippen LogP contribution < -0.4 is 15.5 Å². The normalized spacial score (nSPS) is 21.3. The first-order chi connectivity index (χ1) is 25.8. The van der Waals surface area contributed by atoms with Crippen LogP contribution in [-0.4, -0.2) is 87.8 Å². The van der Waals surface area contributed by atoms with Gasteiger partial charge in [0.1, 0.15) is 17.5 Å². The zero-order chi connectivity index (χ0) is 38.3. The first kappa shape index (κ1) is 37.2. The van der Waals surface area contributed by atoms with Crippen LogP contribution in [0.5, 0.6) is 0 Å². The van der Waals surface area contributed by atoms with Crippen molar-refractivity contribution in [1.82, 2.24) is 30.1 Å². The van der Waals surface area contributed by atoms with Crippen molar-refractivity contribution in [2.45, 2.75) is 72.0 Å². The number of nitrogens with zero attached hydrogens (tertiary/aromatic N) is 5. The smallest absolute Gasteiger partial charge is 0.257 e. The number of amides is 3. The summed E-state index contributed by atoms with van der Waals surface area (Å²) in [7, 11) is 1.82. The Hall–Kier alpha value is -5.10. The van der Waals surface area contributed by atoms with Gasteiger partial charge in [0.15, 0.2) is 0 Å². The number of carbonyl (C=O) groups excluding carboxylic acids is 3. The molecule has 2 aromatic heterocycles. The van der Waals surface area contributed by atoms with Crippen LogP contribution in [0.15, 0.2) is 67.0 Å². The van der Waals surface area contributed by atoms with E-state index in [1.807, 2.05) is 61.0 Å². The van der Waals surface area contributed by atoms with Gasteiger partial charge in [0.2, 0.25) is 11.8 Å². The second-order valence-electron chi connectivity index (χ2n) is 16.1. The molecule has 0 radical (unpaired) electrons. The molecule has 0 bridgehead atoms.